The van der Waals surface area contributed by atoms with E-state index in [9.17, 15) is 18.4 Å². The molecule has 0 N–H and O–H groups in total. The van der Waals surface area contributed by atoms with Gasteiger partial charge in [0, 0.05) is 31.2 Å². The van der Waals surface area contributed by atoms with Crippen molar-refractivity contribution >= 4 is 23.4 Å². The van der Waals surface area contributed by atoms with E-state index in [1.54, 1.807) is 23.1 Å². The fraction of sp³-hybridized carbons (Fsp3) is 0.263. The van der Waals surface area contributed by atoms with Gasteiger partial charge >= 0.3 is 0 Å². The first-order valence-corrected chi connectivity index (χ1v) is 8.66. The van der Waals surface area contributed by atoms with Crippen molar-refractivity contribution in [2.75, 3.05) is 33.3 Å². The van der Waals surface area contributed by atoms with Crippen LogP contribution >= 0.6 is 11.6 Å². The standard InChI is InChI=1S/C19H17ClF2N2O3/c1-27-16-11-12(20)5-6-13(16)18(25)23-7-9-24(10-8-23)19(26)17-14(21)3-2-4-15(17)22/h2-6,11H,7-10H2,1H3. The van der Waals surface area contributed by atoms with Crippen molar-refractivity contribution in [2.45, 2.75) is 0 Å². The van der Waals surface area contributed by atoms with Crippen molar-refractivity contribution in [1.29, 1.82) is 0 Å². The number of piperazine rings is 1. The van der Waals surface area contributed by atoms with Crippen molar-refractivity contribution in [1.82, 2.24) is 9.80 Å². The summed E-state index contributed by atoms with van der Waals surface area (Å²) in [6.45, 7) is 0.835. The molecule has 0 spiro atoms. The minimum absolute atomic E-state index is 0.175. The molecule has 1 heterocycles. The predicted octanol–water partition coefficient (Wildman–Crippen LogP) is 3.23. The van der Waals surface area contributed by atoms with Crippen molar-refractivity contribution in [3.63, 3.8) is 0 Å². The molecule has 1 aliphatic heterocycles. The summed E-state index contributed by atoms with van der Waals surface area (Å²) in [7, 11) is 1.45. The number of halogens is 3. The Kier molecular flexibility index (Phi) is 5.60. The summed E-state index contributed by atoms with van der Waals surface area (Å²) in [4.78, 5) is 28.1. The zero-order valence-electron chi connectivity index (χ0n) is 14.5. The fourth-order valence-electron chi connectivity index (χ4n) is 2.98. The van der Waals surface area contributed by atoms with Crippen LogP contribution in [0.25, 0.3) is 0 Å². The molecule has 0 atom stereocenters. The van der Waals surface area contributed by atoms with E-state index in [1.165, 1.54) is 18.1 Å². The lowest BCUT2D eigenvalue weighted by Crippen LogP contribution is -2.51. The van der Waals surface area contributed by atoms with Gasteiger partial charge < -0.3 is 14.5 Å². The van der Waals surface area contributed by atoms with E-state index in [0.717, 1.165) is 12.1 Å². The summed E-state index contributed by atoms with van der Waals surface area (Å²) in [6, 6.07) is 8.02. The minimum Gasteiger partial charge on any atom is -0.496 e. The van der Waals surface area contributed by atoms with Gasteiger partial charge in [-0.3, -0.25) is 9.59 Å². The van der Waals surface area contributed by atoms with E-state index >= 15 is 0 Å². The van der Waals surface area contributed by atoms with E-state index in [4.69, 9.17) is 16.3 Å². The monoisotopic (exact) mass is 394 g/mol. The fourth-order valence-corrected chi connectivity index (χ4v) is 3.15. The van der Waals surface area contributed by atoms with Crippen LogP contribution in [0.3, 0.4) is 0 Å². The average molecular weight is 395 g/mol. The van der Waals surface area contributed by atoms with E-state index in [0.29, 0.717) is 16.3 Å². The lowest BCUT2D eigenvalue weighted by molar-refractivity contribution is 0.0528. The molecule has 0 aliphatic carbocycles. The second-order valence-corrected chi connectivity index (χ2v) is 6.46. The number of ether oxygens (including phenoxy) is 1. The molecule has 2 aromatic rings. The Morgan fingerprint density at radius 2 is 1.52 bits per heavy atom. The van der Waals surface area contributed by atoms with Gasteiger partial charge in [-0.1, -0.05) is 17.7 Å². The zero-order valence-corrected chi connectivity index (χ0v) is 15.3. The van der Waals surface area contributed by atoms with E-state index in [2.05, 4.69) is 0 Å². The second-order valence-electron chi connectivity index (χ2n) is 6.03. The van der Waals surface area contributed by atoms with Crippen LogP contribution in [0.15, 0.2) is 36.4 Å². The van der Waals surface area contributed by atoms with E-state index in [1.807, 2.05) is 0 Å². The number of amides is 2. The molecule has 1 saturated heterocycles. The molecule has 0 bridgehead atoms. The van der Waals surface area contributed by atoms with Gasteiger partial charge in [-0.15, -0.1) is 0 Å². The second kappa shape index (κ2) is 7.92. The number of carbonyl (C=O) groups is 2. The maximum absolute atomic E-state index is 13.8. The number of benzene rings is 2. The van der Waals surface area contributed by atoms with Gasteiger partial charge in [0.25, 0.3) is 11.8 Å². The largest absolute Gasteiger partial charge is 0.496 e. The highest BCUT2D eigenvalue weighted by molar-refractivity contribution is 6.30. The van der Waals surface area contributed by atoms with Crippen LogP contribution in [0.5, 0.6) is 5.75 Å². The molecule has 0 saturated carbocycles. The minimum atomic E-state index is -0.899. The summed E-state index contributed by atoms with van der Waals surface area (Å²) in [5.74, 6) is -2.41. The lowest BCUT2D eigenvalue weighted by atomic mass is 10.1. The van der Waals surface area contributed by atoms with Crippen LogP contribution in [0.4, 0.5) is 8.78 Å². The molecule has 1 aliphatic rings. The third kappa shape index (κ3) is 3.88. The molecule has 27 heavy (non-hydrogen) atoms. The average Bonchev–Trinajstić information content (AvgIpc) is 2.67. The molecule has 142 valence electrons. The van der Waals surface area contributed by atoms with Crippen LogP contribution in [-0.4, -0.2) is 54.9 Å². The Bertz CT molecular complexity index is 863. The molecular formula is C19H17ClF2N2O3. The molecule has 5 nitrogen and oxygen atoms in total. The predicted molar refractivity (Wildman–Crippen MR) is 96.2 cm³/mol. The van der Waals surface area contributed by atoms with Crippen molar-refractivity contribution in [2.24, 2.45) is 0 Å². The van der Waals surface area contributed by atoms with Gasteiger partial charge in [0.05, 0.1) is 12.7 Å². The number of rotatable bonds is 3. The molecule has 0 aromatic heterocycles. The Morgan fingerprint density at radius 1 is 0.963 bits per heavy atom. The summed E-state index contributed by atoms with van der Waals surface area (Å²) in [5, 5.41) is 0.450. The molecule has 0 radical (unpaired) electrons. The lowest BCUT2D eigenvalue weighted by Gasteiger charge is -2.35. The number of methoxy groups -OCH3 is 1. The van der Waals surface area contributed by atoms with Gasteiger partial charge in [0.2, 0.25) is 0 Å². The quantitative estimate of drug-likeness (QED) is 0.803. The van der Waals surface area contributed by atoms with Crippen LogP contribution < -0.4 is 4.74 Å². The van der Waals surface area contributed by atoms with Gasteiger partial charge in [-0.2, -0.15) is 0 Å². The van der Waals surface area contributed by atoms with Crippen LogP contribution in [0.1, 0.15) is 20.7 Å². The number of hydrogen-bond acceptors (Lipinski definition) is 3. The third-order valence-electron chi connectivity index (χ3n) is 4.42. The molecule has 0 unspecified atom stereocenters. The van der Waals surface area contributed by atoms with Crippen molar-refractivity contribution in [3.8, 4) is 5.75 Å². The normalized spacial score (nSPS) is 14.2. The van der Waals surface area contributed by atoms with Gasteiger partial charge in [-0.05, 0) is 30.3 Å². The third-order valence-corrected chi connectivity index (χ3v) is 4.66. The summed E-state index contributed by atoms with van der Waals surface area (Å²) in [5.41, 5.74) is -0.210. The zero-order chi connectivity index (χ0) is 19.6. The molecule has 2 amide bonds. The molecule has 8 heteroatoms. The molecule has 3 rings (SSSR count). The topological polar surface area (TPSA) is 49.9 Å². The van der Waals surface area contributed by atoms with E-state index in [-0.39, 0.29) is 32.1 Å². The Hall–Kier alpha value is -2.67. The van der Waals surface area contributed by atoms with Crippen LogP contribution in [0, 0.1) is 11.6 Å². The highest BCUT2D eigenvalue weighted by Crippen LogP contribution is 2.25. The summed E-state index contributed by atoms with van der Waals surface area (Å²) < 4.78 is 32.8. The summed E-state index contributed by atoms with van der Waals surface area (Å²) >= 11 is 5.91. The van der Waals surface area contributed by atoms with Gasteiger partial charge in [-0.25, -0.2) is 8.78 Å². The Labute approximate surface area is 160 Å². The first kappa shape index (κ1) is 19.1. The Balaban J connectivity index is 1.70. The van der Waals surface area contributed by atoms with E-state index < -0.39 is 23.1 Å². The van der Waals surface area contributed by atoms with Gasteiger partial charge in [0.1, 0.15) is 22.9 Å². The maximum Gasteiger partial charge on any atom is 0.259 e. The van der Waals surface area contributed by atoms with Crippen molar-refractivity contribution in [3.05, 3.63) is 64.2 Å². The van der Waals surface area contributed by atoms with Crippen LogP contribution in [-0.2, 0) is 0 Å². The number of carbonyl (C=O) groups excluding carboxylic acids is 2. The number of nitrogens with zero attached hydrogens (tertiary/aromatic N) is 2. The highest BCUT2D eigenvalue weighted by atomic mass is 35.5. The molecular weight excluding hydrogens is 378 g/mol. The summed E-state index contributed by atoms with van der Waals surface area (Å²) in [6.07, 6.45) is 0. The highest BCUT2D eigenvalue weighted by Gasteiger charge is 2.29. The van der Waals surface area contributed by atoms with Crippen molar-refractivity contribution < 1.29 is 23.1 Å². The number of hydrogen-bond donors (Lipinski definition) is 0. The van der Waals surface area contributed by atoms with Crippen LogP contribution in [0.2, 0.25) is 5.02 Å². The first-order chi connectivity index (χ1) is 12.9. The Morgan fingerprint density at radius 3 is 2.07 bits per heavy atom. The molecule has 2 aromatic carbocycles. The van der Waals surface area contributed by atoms with Gasteiger partial charge in [0.15, 0.2) is 0 Å². The SMILES string of the molecule is COc1cc(Cl)ccc1C(=O)N1CCN(C(=O)c2c(F)cccc2F)CC1. The maximum atomic E-state index is 13.8. The molecule has 1 fully saturated rings. The smallest absolute Gasteiger partial charge is 0.259 e. The first-order valence-electron chi connectivity index (χ1n) is 8.28.